The third-order valence-electron chi connectivity index (χ3n) is 3.80. The Morgan fingerprint density at radius 2 is 2.00 bits per heavy atom. The van der Waals surface area contributed by atoms with Crippen LogP contribution in [0.15, 0.2) is 24.3 Å². The predicted octanol–water partition coefficient (Wildman–Crippen LogP) is 1.57. The molecule has 1 fully saturated rings. The number of likely N-dealkylation sites (N-methyl/N-ethyl adjacent to an activating group) is 1. The molecule has 0 saturated carbocycles. The van der Waals surface area contributed by atoms with Crippen molar-refractivity contribution in [3.63, 3.8) is 0 Å². The molecule has 0 amide bonds. The van der Waals surface area contributed by atoms with E-state index in [2.05, 4.69) is 5.32 Å². The molecule has 1 saturated heterocycles. The van der Waals surface area contributed by atoms with Crippen molar-refractivity contribution in [1.29, 1.82) is 5.41 Å². The molecule has 1 atom stereocenters. The first kappa shape index (κ1) is 15.2. The highest BCUT2D eigenvalue weighted by Gasteiger charge is 2.43. The summed E-state index contributed by atoms with van der Waals surface area (Å²) in [6.45, 7) is 9.61. The zero-order valence-corrected chi connectivity index (χ0v) is 12.7. The molecule has 0 aromatic heterocycles. The van der Waals surface area contributed by atoms with Gasteiger partial charge in [0.2, 0.25) is 0 Å². The van der Waals surface area contributed by atoms with Gasteiger partial charge in [0.05, 0.1) is 17.4 Å². The Morgan fingerprint density at radius 3 is 2.50 bits per heavy atom. The van der Waals surface area contributed by atoms with Gasteiger partial charge in [0.25, 0.3) is 0 Å². The second-order valence-electron chi connectivity index (χ2n) is 5.71. The van der Waals surface area contributed by atoms with Crippen LogP contribution < -0.4 is 10.8 Å². The minimum Gasteiger partial charge on any atom is -0.402 e. The predicted molar refractivity (Wildman–Crippen MR) is 82.9 cm³/mol. The van der Waals surface area contributed by atoms with E-state index in [1.54, 1.807) is 0 Å². The fourth-order valence-electron chi connectivity index (χ4n) is 2.09. The first-order chi connectivity index (χ1) is 9.44. The van der Waals surface area contributed by atoms with Crippen molar-refractivity contribution in [3.8, 4) is 0 Å². The molecule has 20 heavy (non-hydrogen) atoms. The summed E-state index contributed by atoms with van der Waals surface area (Å²) in [5, 5.41) is 11.1. The van der Waals surface area contributed by atoms with E-state index >= 15 is 0 Å². The lowest BCUT2D eigenvalue weighted by Crippen LogP contribution is -2.34. The Hall–Kier alpha value is -1.17. The maximum Gasteiger partial charge on any atom is 0.494 e. The summed E-state index contributed by atoms with van der Waals surface area (Å²) in [6.07, 6.45) is 0.0687. The van der Waals surface area contributed by atoms with Gasteiger partial charge < -0.3 is 20.0 Å². The van der Waals surface area contributed by atoms with E-state index < -0.39 is 0 Å². The van der Waals surface area contributed by atoms with E-state index in [9.17, 15) is 0 Å². The highest BCUT2D eigenvalue weighted by molar-refractivity contribution is 6.62. The zero-order valence-electron chi connectivity index (χ0n) is 12.7. The van der Waals surface area contributed by atoms with E-state index in [4.69, 9.17) is 14.7 Å². The van der Waals surface area contributed by atoms with Crippen LogP contribution >= 0.6 is 0 Å². The molecule has 1 unspecified atom stereocenters. The molecule has 5 heteroatoms. The Kier molecular flexibility index (Phi) is 4.63. The third-order valence-corrected chi connectivity index (χ3v) is 3.80. The van der Waals surface area contributed by atoms with Crippen LogP contribution in [0, 0.1) is 5.41 Å². The van der Waals surface area contributed by atoms with Gasteiger partial charge in [-0.25, -0.2) is 0 Å². The van der Waals surface area contributed by atoms with Crippen molar-refractivity contribution in [2.75, 3.05) is 13.1 Å². The summed E-state index contributed by atoms with van der Waals surface area (Å²) in [6, 6.07) is 7.87. The Bertz CT molecular complexity index is 473. The SMILES string of the molecule is CCNCC(=N)c1ccc(B2OC(C)C(C)(C)O2)cc1. The number of hydrogen-bond acceptors (Lipinski definition) is 4. The smallest absolute Gasteiger partial charge is 0.402 e. The van der Waals surface area contributed by atoms with Crippen LogP contribution in [0.1, 0.15) is 33.3 Å². The van der Waals surface area contributed by atoms with Crippen molar-refractivity contribution >= 4 is 18.3 Å². The monoisotopic (exact) mass is 274 g/mol. The summed E-state index contributed by atoms with van der Waals surface area (Å²) >= 11 is 0. The lowest BCUT2D eigenvalue weighted by molar-refractivity contribution is 0.0842. The van der Waals surface area contributed by atoms with Crippen LogP contribution in [-0.4, -0.2) is 37.6 Å². The maximum atomic E-state index is 7.98. The standard InChI is InChI=1S/C15H23BN2O2/c1-5-18-10-14(17)12-6-8-13(9-7-12)16-19-11(2)15(3,4)20-16/h6-9,11,17-18H,5,10H2,1-4H3. The van der Waals surface area contributed by atoms with E-state index in [1.165, 1.54) is 0 Å². The van der Waals surface area contributed by atoms with Crippen LogP contribution in [0.4, 0.5) is 0 Å². The molecule has 1 aliphatic rings. The summed E-state index contributed by atoms with van der Waals surface area (Å²) < 4.78 is 11.8. The van der Waals surface area contributed by atoms with Gasteiger partial charge >= 0.3 is 7.12 Å². The van der Waals surface area contributed by atoms with Crippen LogP contribution in [0.5, 0.6) is 0 Å². The molecule has 0 aliphatic carbocycles. The molecule has 0 spiro atoms. The summed E-state index contributed by atoms with van der Waals surface area (Å²) in [7, 11) is -0.308. The minimum absolute atomic E-state index is 0.0687. The molecule has 4 nitrogen and oxygen atoms in total. The average molecular weight is 274 g/mol. The topological polar surface area (TPSA) is 54.3 Å². The highest BCUT2D eigenvalue weighted by Crippen LogP contribution is 2.26. The van der Waals surface area contributed by atoms with E-state index in [0.29, 0.717) is 12.3 Å². The molecule has 0 bridgehead atoms. The summed E-state index contributed by atoms with van der Waals surface area (Å²) in [5.41, 5.74) is 2.27. The van der Waals surface area contributed by atoms with Crippen molar-refractivity contribution in [2.45, 2.75) is 39.4 Å². The largest absolute Gasteiger partial charge is 0.494 e. The highest BCUT2D eigenvalue weighted by atomic mass is 16.7. The fourth-order valence-corrected chi connectivity index (χ4v) is 2.09. The molecular formula is C15H23BN2O2. The second kappa shape index (κ2) is 6.08. The maximum absolute atomic E-state index is 7.98. The van der Waals surface area contributed by atoms with Gasteiger partial charge in [0.1, 0.15) is 0 Å². The summed E-state index contributed by atoms with van der Waals surface area (Å²) in [4.78, 5) is 0. The molecule has 108 valence electrons. The van der Waals surface area contributed by atoms with E-state index in [0.717, 1.165) is 17.6 Å². The summed E-state index contributed by atoms with van der Waals surface area (Å²) in [5.74, 6) is 0. The molecule has 2 rings (SSSR count). The van der Waals surface area contributed by atoms with Gasteiger partial charge in [-0.05, 0) is 38.3 Å². The Labute approximate surface area is 121 Å². The molecule has 1 heterocycles. The van der Waals surface area contributed by atoms with Crippen LogP contribution in [-0.2, 0) is 9.31 Å². The second-order valence-corrected chi connectivity index (χ2v) is 5.71. The molecule has 1 aromatic rings. The normalized spacial score (nSPS) is 21.2. The molecule has 1 aliphatic heterocycles. The Balaban J connectivity index is 2.04. The van der Waals surface area contributed by atoms with Crippen molar-refractivity contribution in [2.24, 2.45) is 0 Å². The average Bonchev–Trinajstić information content (AvgIpc) is 2.70. The van der Waals surface area contributed by atoms with E-state index in [-0.39, 0.29) is 18.8 Å². The lowest BCUT2D eigenvalue weighted by atomic mass is 9.79. The van der Waals surface area contributed by atoms with Gasteiger partial charge in [0, 0.05) is 6.54 Å². The number of nitrogens with one attached hydrogen (secondary N) is 2. The van der Waals surface area contributed by atoms with Crippen LogP contribution in [0.2, 0.25) is 0 Å². The fraction of sp³-hybridized carbons (Fsp3) is 0.533. The lowest BCUT2D eigenvalue weighted by Gasteiger charge is -2.21. The zero-order chi connectivity index (χ0) is 14.8. The minimum atomic E-state index is -0.308. The van der Waals surface area contributed by atoms with Gasteiger partial charge in [-0.2, -0.15) is 0 Å². The Morgan fingerprint density at radius 1 is 1.35 bits per heavy atom. The van der Waals surface area contributed by atoms with E-state index in [1.807, 2.05) is 52.0 Å². The molecule has 1 aromatic carbocycles. The number of rotatable bonds is 5. The molecule has 2 N–H and O–H groups in total. The van der Waals surface area contributed by atoms with Crippen LogP contribution in [0.25, 0.3) is 0 Å². The first-order valence-electron chi connectivity index (χ1n) is 7.16. The number of hydrogen-bond donors (Lipinski definition) is 2. The first-order valence-corrected chi connectivity index (χ1v) is 7.16. The molecule has 0 radical (unpaired) electrons. The van der Waals surface area contributed by atoms with Gasteiger partial charge in [0.15, 0.2) is 0 Å². The van der Waals surface area contributed by atoms with Crippen molar-refractivity contribution < 1.29 is 9.31 Å². The quantitative estimate of drug-likeness (QED) is 0.633. The van der Waals surface area contributed by atoms with Gasteiger partial charge in [-0.1, -0.05) is 31.2 Å². The van der Waals surface area contributed by atoms with Crippen molar-refractivity contribution in [1.82, 2.24) is 5.32 Å². The van der Waals surface area contributed by atoms with Crippen molar-refractivity contribution in [3.05, 3.63) is 29.8 Å². The van der Waals surface area contributed by atoms with Crippen LogP contribution in [0.3, 0.4) is 0 Å². The van der Waals surface area contributed by atoms with Gasteiger partial charge in [-0.15, -0.1) is 0 Å². The van der Waals surface area contributed by atoms with Gasteiger partial charge in [-0.3, -0.25) is 0 Å². The molecular weight excluding hydrogens is 251 g/mol. The number of benzene rings is 1. The third kappa shape index (κ3) is 3.29.